The molecule has 3 amide bonds. The predicted molar refractivity (Wildman–Crippen MR) is 123 cm³/mol. The van der Waals surface area contributed by atoms with Gasteiger partial charge in [-0.05, 0) is 78.9 Å². The van der Waals surface area contributed by atoms with Gasteiger partial charge in [0.25, 0.3) is 5.91 Å². The van der Waals surface area contributed by atoms with E-state index in [4.69, 9.17) is 0 Å². The topological polar surface area (TPSA) is 86.4 Å². The zero-order valence-corrected chi connectivity index (χ0v) is 18.3. The van der Waals surface area contributed by atoms with Crippen molar-refractivity contribution in [3.63, 3.8) is 0 Å². The molecule has 0 saturated carbocycles. The van der Waals surface area contributed by atoms with Gasteiger partial charge in [0.05, 0.1) is 22.4 Å². The Hall–Kier alpha value is -2.24. The summed E-state index contributed by atoms with van der Waals surface area (Å²) in [6, 6.07) is 9.44. The number of carbonyl (C=O) groups excluding carboxylic acids is 2. The predicted octanol–water partition coefficient (Wildman–Crippen LogP) is 4.07. The van der Waals surface area contributed by atoms with E-state index in [1.54, 1.807) is 11.1 Å². The first-order chi connectivity index (χ1) is 14.1. The minimum absolute atomic E-state index is 0.149. The Morgan fingerprint density at radius 2 is 1.97 bits per heavy atom. The molecule has 2 aromatic heterocycles. The van der Waals surface area contributed by atoms with Gasteiger partial charge in [0.15, 0.2) is 0 Å². The molecule has 3 N–H and O–H groups in total. The molecule has 0 radical (unpaired) electrons. The number of halogens is 1. The van der Waals surface area contributed by atoms with Crippen molar-refractivity contribution in [2.45, 2.75) is 18.9 Å². The van der Waals surface area contributed by atoms with Gasteiger partial charge in [0.1, 0.15) is 9.71 Å². The summed E-state index contributed by atoms with van der Waals surface area (Å²) in [7, 11) is 0. The van der Waals surface area contributed by atoms with Crippen molar-refractivity contribution < 1.29 is 9.59 Å². The minimum Gasteiger partial charge on any atom is -0.348 e. The fourth-order valence-corrected chi connectivity index (χ4v) is 5.19. The molecule has 9 heteroatoms. The number of anilines is 3. The van der Waals surface area contributed by atoms with E-state index in [-0.39, 0.29) is 18.0 Å². The first kappa shape index (κ1) is 18.8. The van der Waals surface area contributed by atoms with E-state index >= 15 is 0 Å². The average molecular weight is 519 g/mol. The van der Waals surface area contributed by atoms with Crippen LogP contribution in [0.25, 0.3) is 10.2 Å². The Labute approximate surface area is 185 Å². The maximum absolute atomic E-state index is 13.0. The van der Waals surface area contributed by atoms with Gasteiger partial charge in [-0.3, -0.25) is 9.69 Å². The molecule has 2 aliphatic heterocycles. The van der Waals surface area contributed by atoms with E-state index in [1.807, 2.05) is 30.3 Å². The second-order valence-corrected chi connectivity index (χ2v) is 9.30. The van der Waals surface area contributed by atoms with E-state index in [1.165, 1.54) is 11.3 Å². The fourth-order valence-electron chi connectivity index (χ4n) is 3.81. The molecule has 1 saturated heterocycles. The number of pyridine rings is 1. The third-order valence-electron chi connectivity index (χ3n) is 5.21. The molecular weight excluding hydrogens is 501 g/mol. The van der Waals surface area contributed by atoms with E-state index in [0.717, 1.165) is 51.1 Å². The van der Waals surface area contributed by atoms with Gasteiger partial charge in [-0.15, -0.1) is 11.3 Å². The molecule has 148 valence electrons. The molecule has 3 aromatic rings. The van der Waals surface area contributed by atoms with Crippen molar-refractivity contribution in [1.29, 1.82) is 0 Å². The highest BCUT2D eigenvalue weighted by atomic mass is 127. The number of rotatable bonds is 3. The molecule has 0 aliphatic carbocycles. The van der Waals surface area contributed by atoms with Crippen LogP contribution in [0.4, 0.5) is 21.9 Å². The molecule has 0 bridgehead atoms. The van der Waals surface area contributed by atoms with E-state index < -0.39 is 0 Å². The zero-order chi connectivity index (χ0) is 20.0. The van der Waals surface area contributed by atoms with Gasteiger partial charge in [-0.2, -0.15) is 0 Å². The quantitative estimate of drug-likeness (QED) is 0.456. The van der Waals surface area contributed by atoms with Crippen LogP contribution in [0.3, 0.4) is 0 Å². The standard InChI is InChI=1S/C20H18IN5O2S/c21-11-1-3-13(4-2-11)26-14-7-10-23-19-15(14)16(25-20(26)28)17(29-19)18(27)24-12-5-8-22-9-6-12/h1-4,7,10,12,22H,5-6,8-9H2,(H,24,27)(H,25,28). The number of carbonyl (C=O) groups is 2. The summed E-state index contributed by atoms with van der Waals surface area (Å²) >= 11 is 3.55. The van der Waals surface area contributed by atoms with Crippen molar-refractivity contribution >= 4 is 73.1 Å². The number of urea groups is 1. The van der Waals surface area contributed by atoms with Crippen molar-refractivity contribution in [2.24, 2.45) is 0 Å². The molecular formula is C20H18IN5O2S. The monoisotopic (exact) mass is 519 g/mol. The molecule has 0 atom stereocenters. The lowest BCUT2D eigenvalue weighted by molar-refractivity contribution is 0.0934. The average Bonchev–Trinajstić information content (AvgIpc) is 3.10. The first-order valence-corrected chi connectivity index (χ1v) is 11.3. The van der Waals surface area contributed by atoms with Crippen LogP contribution in [0.5, 0.6) is 0 Å². The Bertz CT molecular complexity index is 1110. The molecule has 2 aliphatic rings. The molecule has 1 fully saturated rings. The third kappa shape index (κ3) is 3.36. The lowest BCUT2D eigenvalue weighted by Crippen LogP contribution is -2.42. The Kier molecular flexibility index (Phi) is 4.88. The fraction of sp³-hybridized carbons (Fsp3) is 0.250. The number of aromatic nitrogens is 1. The Balaban J connectivity index is 1.56. The maximum Gasteiger partial charge on any atom is 0.331 e. The largest absolute Gasteiger partial charge is 0.348 e. The van der Waals surface area contributed by atoms with Crippen molar-refractivity contribution in [2.75, 3.05) is 23.3 Å². The molecule has 0 spiro atoms. The van der Waals surface area contributed by atoms with Crippen LogP contribution in [0.15, 0.2) is 36.5 Å². The van der Waals surface area contributed by atoms with Gasteiger partial charge in [-0.1, -0.05) is 0 Å². The zero-order valence-electron chi connectivity index (χ0n) is 15.4. The van der Waals surface area contributed by atoms with Gasteiger partial charge < -0.3 is 16.0 Å². The SMILES string of the molecule is O=C(NC1CCNCC1)c1sc2nccc3c2c1NC(=O)N3c1ccc(I)cc1. The highest BCUT2D eigenvalue weighted by molar-refractivity contribution is 14.1. The van der Waals surface area contributed by atoms with Crippen molar-refractivity contribution in [3.8, 4) is 0 Å². The van der Waals surface area contributed by atoms with Gasteiger partial charge in [0, 0.05) is 15.8 Å². The highest BCUT2D eigenvalue weighted by Crippen LogP contribution is 2.45. The summed E-state index contributed by atoms with van der Waals surface area (Å²) in [5, 5.41) is 10.2. The number of piperidine rings is 1. The summed E-state index contributed by atoms with van der Waals surface area (Å²) in [5.74, 6) is -0.149. The number of amides is 3. The Morgan fingerprint density at radius 1 is 1.21 bits per heavy atom. The summed E-state index contributed by atoms with van der Waals surface area (Å²) in [6.45, 7) is 1.80. The normalized spacial score (nSPS) is 16.7. The molecule has 0 unspecified atom stereocenters. The summed E-state index contributed by atoms with van der Waals surface area (Å²) in [4.78, 5) is 33.3. The van der Waals surface area contributed by atoms with Crippen LogP contribution in [0, 0.1) is 3.57 Å². The molecule has 1 aromatic carbocycles. The van der Waals surface area contributed by atoms with Crippen LogP contribution in [-0.2, 0) is 0 Å². The van der Waals surface area contributed by atoms with Gasteiger partial charge in [-0.25, -0.2) is 9.78 Å². The lowest BCUT2D eigenvalue weighted by Gasteiger charge is -2.28. The second kappa shape index (κ2) is 7.54. The minimum atomic E-state index is -0.277. The van der Waals surface area contributed by atoms with E-state index in [0.29, 0.717) is 10.6 Å². The smallest absolute Gasteiger partial charge is 0.331 e. The van der Waals surface area contributed by atoms with Crippen molar-refractivity contribution in [3.05, 3.63) is 45.0 Å². The number of nitrogens with zero attached hydrogens (tertiary/aromatic N) is 2. The molecule has 7 nitrogen and oxygen atoms in total. The van der Waals surface area contributed by atoms with Crippen molar-refractivity contribution in [1.82, 2.24) is 15.6 Å². The van der Waals surface area contributed by atoms with Gasteiger partial charge >= 0.3 is 6.03 Å². The highest BCUT2D eigenvalue weighted by Gasteiger charge is 2.33. The van der Waals surface area contributed by atoms with Crippen LogP contribution >= 0.6 is 33.9 Å². The van der Waals surface area contributed by atoms with Crippen LogP contribution < -0.4 is 20.9 Å². The molecule has 29 heavy (non-hydrogen) atoms. The summed E-state index contributed by atoms with van der Waals surface area (Å²) in [5.41, 5.74) is 2.08. The Morgan fingerprint density at radius 3 is 2.72 bits per heavy atom. The lowest BCUT2D eigenvalue weighted by atomic mass is 10.1. The number of hydrogen-bond acceptors (Lipinski definition) is 5. The summed E-state index contributed by atoms with van der Waals surface area (Å²) < 4.78 is 1.09. The molecule has 5 rings (SSSR count). The third-order valence-corrected chi connectivity index (χ3v) is 7.03. The summed E-state index contributed by atoms with van der Waals surface area (Å²) in [6.07, 6.45) is 3.50. The van der Waals surface area contributed by atoms with Crippen LogP contribution in [0.2, 0.25) is 0 Å². The number of benzene rings is 1. The maximum atomic E-state index is 13.0. The van der Waals surface area contributed by atoms with E-state index in [9.17, 15) is 9.59 Å². The van der Waals surface area contributed by atoms with Crippen LogP contribution in [-0.4, -0.2) is 36.1 Å². The second-order valence-electron chi connectivity index (χ2n) is 7.06. The molecule has 4 heterocycles. The van der Waals surface area contributed by atoms with E-state index in [2.05, 4.69) is 43.5 Å². The number of nitrogens with one attached hydrogen (secondary N) is 3. The number of thiophene rings is 1. The number of hydrogen-bond donors (Lipinski definition) is 3. The van der Waals surface area contributed by atoms with Gasteiger partial charge in [0.2, 0.25) is 0 Å². The van der Waals surface area contributed by atoms with Crippen LogP contribution in [0.1, 0.15) is 22.5 Å². The first-order valence-electron chi connectivity index (χ1n) is 9.41.